The second-order valence-electron chi connectivity index (χ2n) is 33.4. The number of methoxy groups -OCH3 is 3. The summed E-state index contributed by atoms with van der Waals surface area (Å²) < 4.78 is 116. The van der Waals surface area contributed by atoms with E-state index in [-0.39, 0.29) is 142 Å². The number of esters is 4. The van der Waals surface area contributed by atoms with E-state index in [9.17, 15) is 54.5 Å². The van der Waals surface area contributed by atoms with Crippen LogP contribution in [0, 0.1) is 29.1 Å². The molecule has 1 aliphatic rings. The van der Waals surface area contributed by atoms with Gasteiger partial charge >= 0.3 is 38.6 Å². The standard InChI is InChI=1S/C21H21O2S.C18H20O2.C17H24O3.C14H20O2.C14H16O.C12H14F2O8S2.C10H14O.12CH4/c1-16-7-4-10-19(13-16)24(20-11-5-8-17(14-20)22-2)21-12-6-9-18(15-21)23-3;1-4-18(2,3)17(19)20-16-12-10-15(11-13-16)14-8-6-5-7-9-14;1-5-17(2,3)16(18)20-15-8-6-7-12-11-13(19-4)9-10-14(12)15;1-5-14(3,4)13(15)16-11(2)12-9-7-6-8-10-12;1-3-10(2)11-4-5-13-9-14(15)7-6-12(13)8-11;1-3-8(2)11(15)21-9-4-6-10(7-5-9)22-24(19,20)12(13,14)23(16,17)18;1-3-8(2)9-4-6-10(11)7-5-9;;;;;;;;;;;;/h4-15H,1-3H3;5-13H,4H2,1-3H3;9-11,15H,5-8H2,1-4H3;6-11H,5H2,1-4H3;4-10,15H,3H2,1-2H3;4-8H,3H2,1-2H3,(H,16,17,18);4-8,11H,3H2,1-2H3;12*1H4/q+1;;;;;;;;;;;;;;;;;;/p-1. The third-order valence-electron chi connectivity index (χ3n) is 22.6. The number of aryl methyl sites for hydroxylation is 2. The Morgan fingerprint density at radius 3 is 1.31 bits per heavy atom. The third-order valence-corrected chi connectivity index (χ3v) is 27.6. The molecule has 0 saturated heterocycles. The average Bonchev–Trinajstić information content (AvgIpc) is 0.774. The minimum absolute atomic E-state index is 0. The molecule has 0 saturated carbocycles. The van der Waals surface area contributed by atoms with Gasteiger partial charge in [-0.1, -0.05) is 291 Å². The summed E-state index contributed by atoms with van der Waals surface area (Å²) in [6.07, 6.45) is 7.84. The monoisotopic (exact) mass is 2030 g/mol. The molecule has 24 heteroatoms. The number of carbonyl (C=O) groups is 4. The zero-order valence-electron chi connectivity index (χ0n) is 78.4. The molecule has 5 atom stereocenters. The molecule has 2 N–H and O–H groups in total. The van der Waals surface area contributed by atoms with Gasteiger partial charge in [0, 0.05) is 12.1 Å². The van der Waals surface area contributed by atoms with Crippen molar-refractivity contribution in [1.82, 2.24) is 0 Å². The molecule has 19 nitrogen and oxygen atoms in total. The number of ether oxygens (including phenoxy) is 7. The van der Waals surface area contributed by atoms with Crippen molar-refractivity contribution in [2.45, 2.75) is 308 Å². The lowest BCUT2D eigenvalue weighted by Crippen LogP contribution is -2.40. The van der Waals surface area contributed by atoms with Crippen LogP contribution in [0.4, 0.5) is 8.78 Å². The first-order valence-corrected chi connectivity index (χ1v) is 47.7. The maximum absolute atomic E-state index is 13.1. The summed E-state index contributed by atoms with van der Waals surface area (Å²) in [6, 6.07) is 82.0. The summed E-state index contributed by atoms with van der Waals surface area (Å²) in [5, 5.41) is 20.7. The average molecular weight is 2030 g/mol. The van der Waals surface area contributed by atoms with E-state index in [1.165, 1.54) is 42.3 Å². The van der Waals surface area contributed by atoms with E-state index < -0.39 is 52.8 Å². The number of halogens is 2. The van der Waals surface area contributed by atoms with Crippen molar-refractivity contribution in [1.29, 1.82) is 0 Å². The van der Waals surface area contributed by atoms with E-state index in [0.717, 1.165) is 121 Å². The number of phenols is 2. The Hall–Kier alpha value is -11.6. The predicted octanol–water partition coefficient (Wildman–Crippen LogP) is 33.6. The van der Waals surface area contributed by atoms with Gasteiger partial charge in [0.15, 0.2) is 24.8 Å². The van der Waals surface area contributed by atoms with E-state index in [4.69, 9.17) is 38.3 Å². The van der Waals surface area contributed by atoms with Crippen LogP contribution in [0.1, 0.15) is 309 Å². The van der Waals surface area contributed by atoms with Crippen LogP contribution in [0.25, 0.3) is 21.9 Å². The Morgan fingerprint density at radius 1 is 0.423 bits per heavy atom. The summed E-state index contributed by atoms with van der Waals surface area (Å²) in [7, 11) is -7.68. The van der Waals surface area contributed by atoms with Gasteiger partial charge in [-0.2, -0.15) is 17.2 Å². The number of aromatic hydroxyl groups is 2. The van der Waals surface area contributed by atoms with Crippen LogP contribution in [0.15, 0.2) is 276 Å². The molecular weight excluding hydrogens is 1860 g/mol. The van der Waals surface area contributed by atoms with Crippen molar-refractivity contribution in [2.75, 3.05) is 21.3 Å². The van der Waals surface area contributed by atoms with Gasteiger partial charge in [0.25, 0.3) is 0 Å². The van der Waals surface area contributed by atoms with Crippen molar-refractivity contribution in [3.05, 3.63) is 294 Å². The molecule has 11 aromatic carbocycles. The maximum Gasteiger partial charge on any atom is 0.470 e. The fraction of sp³-hybridized carbons (Fsp3) is 0.424. The number of hydrogen-bond acceptors (Lipinski definition) is 19. The molecule has 0 heterocycles. The van der Waals surface area contributed by atoms with Crippen LogP contribution in [0.3, 0.4) is 0 Å². The lowest BCUT2D eigenvalue weighted by molar-refractivity contribution is -0.161. The Bertz CT molecular complexity index is 5590. The van der Waals surface area contributed by atoms with Crippen LogP contribution < -0.4 is 27.9 Å². The first-order chi connectivity index (χ1) is 61.4. The van der Waals surface area contributed by atoms with E-state index in [0.29, 0.717) is 35.5 Å². The van der Waals surface area contributed by atoms with Gasteiger partial charge in [-0.3, -0.25) is 19.2 Å². The normalized spacial score (nSPS) is 12.2. The Kier molecular flexibility index (Phi) is 68.5. The molecule has 0 aliphatic heterocycles. The number of phenolic OH excluding ortho intramolecular Hbond substituents is 2. The van der Waals surface area contributed by atoms with Gasteiger partial charge < -0.3 is 52.1 Å². The minimum atomic E-state index is -6.48. The number of hydrogen-bond donors (Lipinski definition) is 2. The van der Waals surface area contributed by atoms with Crippen LogP contribution in [0.5, 0.6) is 46.0 Å². The van der Waals surface area contributed by atoms with E-state index in [1.807, 2.05) is 197 Å². The molecule has 0 bridgehead atoms. The molecule has 0 radical (unpaired) electrons. The van der Waals surface area contributed by atoms with Gasteiger partial charge in [-0.15, -0.1) is 0 Å². The first kappa shape index (κ1) is 143. The molecule has 11 aromatic rings. The van der Waals surface area contributed by atoms with E-state index in [2.05, 4.69) is 124 Å². The lowest BCUT2D eigenvalue weighted by atomic mass is 9.87. The lowest BCUT2D eigenvalue weighted by Gasteiger charge is -2.29. The third kappa shape index (κ3) is 43.3. The molecule has 142 heavy (non-hydrogen) atoms. The highest BCUT2D eigenvalue weighted by Crippen LogP contribution is 2.40. The minimum Gasteiger partial charge on any atom is -0.742 e. The Morgan fingerprint density at radius 2 is 0.831 bits per heavy atom. The molecule has 0 aromatic heterocycles. The molecule has 1 aliphatic carbocycles. The van der Waals surface area contributed by atoms with E-state index >= 15 is 0 Å². The SMILES string of the molecule is C.C.C.C.C.C.C.C.C.C.C.C.CCC(C)(C)C(=O)OC(C)c1ccccc1.CCC(C)(C)C(=O)OC1CCCc2cc(OC)ccc21.CCC(C)(C)C(=O)Oc1ccc(-c2ccccc2)cc1.CCC(C)C(=O)Oc1ccc(OS(=O)(=O)C(F)(F)S(=O)(=O)[O-])cc1.CCC(C)c1ccc(O)cc1.CCC(C)c1ccc2cc(O)ccc2c1.COc1cccc([S+](c2cccc(C)c2)c2cccc(OC)c2)c1. The highest BCUT2D eigenvalue weighted by molar-refractivity contribution is 8.05. The molecule has 5 unspecified atom stereocenters. The van der Waals surface area contributed by atoms with Crippen molar-refractivity contribution < 1.29 is 96.9 Å². The quantitative estimate of drug-likeness (QED) is 0.0152. The summed E-state index contributed by atoms with van der Waals surface area (Å²) in [5.74, 6) is 3.02. The molecule has 0 amide bonds. The van der Waals surface area contributed by atoms with Gasteiger partial charge in [-0.05, 0) is 289 Å². The van der Waals surface area contributed by atoms with Crippen LogP contribution in [-0.2, 0) is 66.2 Å². The van der Waals surface area contributed by atoms with Gasteiger partial charge in [-0.25, -0.2) is 8.42 Å². The molecule has 0 spiro atoms. The fourth-order valence-corrected chi connectivity index (χ4v) is 15.9. The largest absolute Gasteiger partial charge is 0.742 e. The van der Waals surface area contributed by atoms with E-state index in [1.54, 1.807) is 59.4 Å². The van der Waals surface area contributed by atoms with Crippen LogP contribution >= 0.6 is 0 Å². The van der Waals surface area contributed by atoms with Crippen LogP contribution in [0.2, 0.25) is 0 Å². The van der Waals surface area contributed by atoms with Crippen molar-refractivity contribution >= 4 is 65.8 Å². The summed E-state index contributed by atoms with van der Waals surface area (Å²) in [6.45, 7) is 33.7. The molecule has 0 fully saturated rings. The Labute approximate surface area is 859 Å². The number of rotatable bonds is 28. The smallest absolute Gasteiger partial charge is 0.470 e. The molecule has 794 valence electrons. The van der Waals surface area contributed by atoms with Gasteiger partial charge in [0.1, 0.15) is 58.2 Å². The van der Waals surface area contributed by atoms with Crippen molar-refractivity contribution in [3.63, 3.8) is 0 Å². The second kappa shape index (κ2) is 67.8. The highest BCUT2D eigenvalue weighted by atomic mass is 32.3. The number of fused-ring (bicyclic) bond motifs is 2. The summed E-state index contributed by atoms with van der Waals surface area (Å²) in [4.78, 5) is 51.4. The zero-order chi connectivity index (χ0) is 96.3. The summed E-state index contributed by atoms with van der Waals surface area (Å²) >= 11 is 0. The second-order valence-corrected chi connectivity index (χ2v) is 38.7. The number of benzene rings is 11. The number of carbonyl (C=O) groups excluding carboxylic acids is 4. The first-order valence-electron chi connectivity index (χ1n) is 43.7. The van der Waals surface area contributed by atoms with Crippen molar-refractivity contribution in [3.8, 4) is 57.1 Å². The molecule has 12 rings (SSSR count). The van der Waals surface area contributed by atoms with Crippen molar-refractivity contribution in [2.24, 2.45) is 22.2 Å². The molecular formula is C118H176F2O19S3. The predicted molar refractivity (Wildman–Crippen MR) is 592 cm³/mol. The topological polar surface area (TPSA) is 274 Å². The van der Waals surface area contributed by atoms with Gasteiger partial charge in [0.2, 0.25) is 0 Å². The Balaban J connectivity index is -0.000000298. The zero-order valence-corrected chi connectivity index (χ0v) is 80.8. The van der Waals surface area contributed by atoms with Crippen LogP contribution in [-0.4, -0.2) is 81.4 Å². The summed E-state index contributed by atoms with van der Waals surface area (Å²) in [5.41, 5.74) is 8.34. The number of alkyl halides is 2. The highest BCUT2D eigenvalue weighted by Gasteiger charge is 2.55. The van der Waals surface area contributed by atoms with Gasteiger partial charge in [0.05, 0.1) is 54.4 Å². The maximum atomic E-state index is 13.1. The fourth-order valence-electron chi connectivity index (χ4n) is 12.1.